The van der Waals surface area contributed by atoms with Crippen molar-refractivity contribution in [2.75, 3.05) is 10.6 Å². The zero-order valence-electron chi connectivity index (χ0n) is 9.32. The van der Waals surface area contributed by atoms with Crippen LogP contribution in [0.5, 0.6) is 0 Å². The summed E-state index contributed by atoms with van der Waals surface area (Å²) < 4.78 is 0. The van der Waals surface area contributed by atoms with Crippen molar-refractivity contribution in [1.29, 1.82) is 0 Å². The predicted octanol–water partition coefficient (Wildman–Crippen LogP) is 2.38. The Hall–Kier alpha value is -1.84. The number of carbonyl (C=O) groups is 2. The van der Waals surface area contributed by atoms with Gasteiger partial charge in [-0.3, -0.25) is 9.59 Å². The Bertz CT molecular complexity index is 347. The van der Waals surface area contributed by atoms with E-state index in [1.165, 1.54) is 0 Å². The van der Waals surface area contributed by atoms with Gasteiger partial charge in [0.15, 0.2) is 0 Å². The molecule has 0 spiro atoms. The van der Waals surface area contributed by atoms with E-state index in [1.807, 2.05) is 6.92 Å². The van der Waals surface area contributed by atoms with Gasteiger partial charge in [-0.1, -0.05) is 13.3 Å². The van der Waals surface area contributed by atoms with Crippen molar-refractivity contribution in [3.8, 4) is 0 Å². The van der Waals surface area contributed by atoms with Gasteiger partial charge in [-0.05, 0) is 30.7 Å². The third-order valence-electron chi connectivity index (χ3n) is 2.15. The van der Waals surface area contributed by atoms with Crippen molar-refractivity contribution in [2.45, 2.75) is 26.2 Å². The third-order valence-corrected chi connectivity index (χ3v) is 2.15. The van der Waals surface area contributed by atoms with Crippen molar-refractivity contribution < 1.29 is 9.59 Å². The van der Waals surface area contributed by atoms with E-state index in [4.69, 9.17) is 0 Å². The van der Waals surface area contributed by atoms with Gasteiger partial charge in [0, 0.05) is 17.8 Å². The molecule has 0 radical (unpaired) electrons. The molecule has 0 aliphatic heterocycles. The van der Waals surface area contributed by atoms with E-state index in [0.29, 0.717) is 18.5 Å². The van der Waals surface area contributed by atoms with Gasteiger partial charge in [0.25, 0.3) is 0 Å². The molecule has 0 fully saturated rings. The Morgan fingerprint density at radius 3 is 2.44 bits per heavy atom. The Labute approximate surface area is 95.0 Å². The first-order chi connectivity index (χ1) is 7.76. The van der Waals surface area contributed by atoms with Gasteiger partial charge in [0.1, 0.15) is 0 Å². The van der Waals surface area contributed by atoms with Crippen molar-refractivity contribution in [1.82, 2.24) is 0 Å². The number of anilines is 2. The minimum absolute atomic E-state index is 0.0259. The van der Waals surface area contributed by atoms with E-state index in [0.717, 1.165) is 18.5 Å². The Balaban J connectivity index is 2.48. The molecular weight excluding hydrogens is 204 g/mol. The molecule has 1 rings (SSSR count). The molecule has 0 heterocycles. The number of benzene rings is 1. The van der Waals surface area contributed by atoms with Crippen LogP contribution in [0.1, 0.15) is 26.2 Å². The Kier molecular flexibility index (Phi) is 5.05. The lowest BCUT2D eigenvalue weighted by molar-refractivity contribution is -0.116. The SMILES string of the molecule is CCCCC(=O)Nc1ccc(NC=O)cc1. The van der Waals surface area contributed by atoms with Gasteiger partial charge < -0.3 is 10.6 Å². The van der Waals surface area contributed by atoms with Crippen molar-refractivity contribution in [3.05, 3.63) is 24.3 Å². The molecule has 16 heavy (non-hydrogen) atoms. The van der Waals surface area contributed by atoms with Crippen LogP contribution in [0.3, 0.4) is 0 Å². The van der Waals surface area contributed by atoms with E-state index in [2.05, 4.69) is 10.6 Å². The summed E-state index contributed by atoms with van der Waals surface area (Å²) in [4.78, 5) is 21.6. The quantitative estimate of drug-likeness (QED) is 0.723. The number of hydrogen-bond acceptors (Lipinski definition) is 2. The molecule has 1 aromatic carbocycles. The summed E-state index contributed by atoms with van der Waals surface area (Å²) in [6, 6.07) is 7.00. The van der Waals surface area contributed by atoms with Gasteiger partial charge in [0.2, 0.25) is 12.3 Å². The standard InChI is InChI=1S/C12H16N2O2/c1-2-3-4-12(16)14-11-7-5-10(6-8-11)13-9-15/h5-9H,2-4H2,1H3,(H,13,15)(H,14,16). The minimum Gasteiger partial charge on any atom is -0.329 e. The minimum atomic E-state index is 0.0259. The molecule has 0 saturated carbocycles. The summed E-state index contributed by atoms with van der Waals surface area (Å²) in [5, 5.41) is 5.32. The second kappa shape index (κ2) is 6.61. The summed E-state index contributed by atoms with van der Waals surface area (Å²) in [6.45, 7) is 2.05. The normalized spacial score (nSPS) is 9.56. The van der Waals surface area contributed by atoms with Gasteiger partial charge in [-0.2, -0.15) is 0 Å². The molecule has 1 aromatic rings. The first-order valence-corrected chi connectivity index (χ1v) is 5.36. The Morgan fingerprint density at radius 2 is 1.88 bits per heavy atom. The highest BCUT2D eigenvalue weighted by molar-refractivity contribution is 5.91. The van der Waals surface area contributed by atoms with Gasteiger partial charge in [-0.15, -0.1) is 0 Å². The number of hydrogen-bond donors (Lipinski definition) is 2. The van der Waals surface area contributed by atoms with Gasteiger partial charge >= 0.3 is 0 Å². The van der Waals surface area contributed by atoms with Crippen molar-refractivity contribution in [2.24, 2.45) is 0 Å². The van der Waals surface area contributed by atoms with Crippen molar-refractivity contribution in [3.63, 3.8) is 0 Å². The molecule has 0 aromatic heterocycles. The summed E-state index contributed by atoms with van der Waals surface area (Å²) in [6.07, 6.45) is 3.08. The van der Waals surface area contributed by atoms with Crippen LogP contribution in [0.4, 0.5) is 11.4 Å². The zero-order valence-corrected chi connectivity index (χ0v) is 9.32. The van der Waals surface area contributed by atoms with E-state index in [1.54, 1.807) is 24.3 Å². The molecule has 0 saturated heterocycles. The molecule has 2 amide bonds. The molecule has 0 unspecified atom stereocenters. The molecule has 0 bridgehead atoms. The second-order valence-electron chi connectivity index (χ2n) is 3.49. The molecular formula is C12H16N2O2. The highest BCUT2D eigenvalue weighted by atomic mass is 16.1. The summed E-state index contributed by atoms with van der Waals surface area (Å²) in [7, 11) is 0. The lowest BCUT2D eigenvalue weighted by Gasteiger charge is -2.05. The van der Waals surface area contributed by atoms with Crippen LogP contribution in [-0.2, 0) is 9.59 Å². The molecule has 4 nitrogen and oxygen atoms in total. The molecule has 0 aliphatic carbocycles. The van der Waals surface area contributed by atoms with Crippen LogP contribution in [0.2, 0.25) is 0 Å². The fourth-order valence-corrected chi connectivity index (χ4v) is 1.28. The fourth-order valence-electron chi connectivity index (χ4n) is 1.28. The largest absolute Gasteiger partial charge is 0.329 e. The molecule has 0 atom stereocenters. The van der Waals surface area contributed by atoms with Gasteiger partial charge in [-0.25, -0.2) is 0 Å². The third kappa shape index (κ3) is 4.13. The second-order valence-corrected chi connectivity index (χ2v) is 3.49. The summed E-state index contributed by atoms with van der Waals surface area (Å²) in [5.74, 6) is 0.0259. The number of rotatable bonds is 6. The number of carbonyl (C=O) groups excluding carboxylic acids is 2. The van der Waals surface area contributed by atoms with Crippen molar-refractivity contribution >= 4 is 23.7 Å². The monoisotopic (exact) mass is 220 g/mol. The number of amides is 2. The van der Waals surface area contributed by atoms with Crippen LogP contribution in [0.15, 0.2) is 24.3 Å². The van der Waals surface area contributed by atoms with Crippen LogP contribution in [-0.4, -0.2) is 12.3 Å². The maximum absolute atomic E-state index is 11.4. The molecule has 86 valence electrons. The van der Waals surface area contributed by atoms with Crippen LogP contribution in [0.25, 0.3) is 0 Å². The van der Waals surface area contributed by atoms with E-state index in [9.17, 15) is 9.59 Å². The highest BCUT2D eigenvalue weighted by Gasteiger charge is 2.00. The topological polar surface area (TPSA) is 58.2 Å². The number of unbranched alkanes of at least 4 members (excludes halogenated alkanes) is 1. The van der Waals surface area contributed by atoms with E-state index in [-0.39, 0.29) is 5.91 Å². The maximum atomic E-state index is 11.4. The lowest BCUT2D eigenvalue weighted by atomic mass is 10.2. The summed E-state index contributed by atoms with van der Waals surface area (Å²) in [5.41, 5.74) is 1.46. The lowest BCUT2D eigenvalue weighted by Crippen LogP contribution is -2.10. The van der Waals surface area contributed by atoms with E-state index >= 15 is 0 Å². The zero-order chi connectivity index (χ0) is 11.8. The predicted molar refractivity (Wildman–Crippen MR) is 64.3 cm³/mol. The van der Waals surface area contributed by atoms with E-state index < -0.39 is 0 Å². The van der Waals surface area contributed by atoms with Crippen LogP contribution < -0.4 is 10.6 Å². The average molecular weight is 220 g/mol. The van der Waals surface area contributed by atoms with Crippen LogP contribution in [0, 0.1) is 0 Å². The maximum Gasteiger partial charge on any atom is 0.224 e. The first kappa shape index (κ1) is 12.2. The smallest absolute Gasteiger partial charge is 0.224 e. The fraction of sp³-hybridized carbons (Fsp3) is 0.333. The summed E-state index contributed by atoms with van der Waals surface area (Å²) >= 11 is 0. The first-order valence-electron chi connectivity index (χ1n) is 5.36. The van der Waals surface area contributed by atoms with Crippen LogP contribution >= 0.6 is 0 Å². The molecule has 4 heteroatoms. The van der Waals surface area contributed by atoms with Gasteiger partial charge in [0.05, 0.1) is 0 Å². The average Bonchev–Trinajstić information content (AvgIpc) is 2.29. The molecule has 0 aliphatic rings. The Morgan fingerprint density at radius 1 is 1.25 bits per heavy atom. The highest BCUT2D eigenvalue weighted by Crippen LogP contribution is 2.13. The number of nitrogens with one attached hydrogen (secondary N) is 2. The molecule has 2 N–H and O–H groups in total.